The van der Waals surface area contributed by atoms with Gasteiger partial charge in [-0.2, -0.15) is 0 Å². The Hall–Kier alpha value is -5.40. The molecule has 3 N–H and O–H groups in total. The summed E-state index contributed by atoms with van der Waals surface area (Å²) in [7, 11) is 4.18. The number of piperidine rings is 1. The largest absolute Gasteiger partial charge is 0.453 e. The van der Waals surface area contributed by atoms with Crippen molar-refractivity contribution in [3.63, 3.8) is 0 Å². The highest BCUT2D eigenvalue weighted by Gasteiger charge is 2.40. The maximum atomic E-state index is 13.7. The minimum Gasteiger partial charge on any atom is -0.453 e. The summed E-state index contributed by atoms with van der Waals surface area (Å²) in [6, 6.07) is 13.7. The SMILES string of the molecule is COC(=O)N[C@H](C(=O)N1CCCC[C@H]1CNC(=O)c1ccc(-c2ccc(-c3cnc([C@@H]4CCCN4C(=O)[C@H](C(C)C)N(C)C(=O)OC)[nH]3)cc2)cc1)C(C)C. The van der Waals surface area contributed by atoms with E-state index in [0.717, 1.165) is 54.5 Å². The fourth-order valence-electron chi connectivity index (χ4n) is 7.64. The van der Waals surface area contributed by atoms with Gasteiger partial charge in [-0.05, 0) is 72.8 Å². The lowest BCUT2D eigenvalue weighted by Gasteiger charge is -2.38. The van der Waals surface area contributed by atoms with E-state index in [1.807, 2.05) is 69.0 Å². The number of aromatic nitrogens is 2. The molecule has 14 heteroatoms. The number of amides is 5. The van der Waals surface area contributed by atoms with Gasteiger partial charge < -0.3 is 34.9 Å². The minimum absolute atomic E-state index is 0.101. The fraction of sp³-hybridized carbons (Fsp3) is 0.512. The quantitative estimate of drug-likeness (QED) is 0.214. The first-order chi connectivity index (χ1) is 26.3. The Morgan fingerprint density at radius 2 is 1.45 bits per heavy atom. The molecule has 4 atom stereocenters. The molecule has 5 rings (SSSR count). The van der Waals surface area contributed by atoms with E-state index in [0.29, 0.717) is 31.0 Å². The third-order valence-corrected chi connectivity index (χ3v) is 10.7. The smallest absolute Gasteiger partial charge is 0.409 e. The topological polar surface area (TPSA) is 166 Å². The predicted molar refractivity (Wildman–Crippen MR) is 208 cm³/mol. The minimum atomic E-state index is -0.714. The highest BCUT2D eigenvalue weighted by molar-refractivity contribution is 5.95. The number of aromatic amines is 1. The van der Waals surface area contributed by atoms with Crippen LogP contribution in [-0.4, -0.2) is 114 Å². The van der Waals surface area contributed by atoms with Crippen molar-refractivity contribution in [1.82, 2.24) is 35.3 Å². The summed E-state index contributed by atoms with van der Waals surface area (Å²) < 4.78 is 9.62. The number of hydrogen-bond acceptors (Lipinski definition) is 8. The molecule has 0 spiro atoms. The van der Waals surface area contributed by atoms with E-state index in [1.54, 1.807) is 30.3 Å². The second-order valence-corrected chi connectivity index (χ2v) is 15.0. The molecule has 1 aromatic heterocycles. The summed E-state index contributed by atoms with van der Waals surface area (Å²) in [6.45, 7) is 9.06. The van der Waals surface area contributed by atoms with E-state index in [1.165, 1.54) is 19.1 Å². The van der Waals surface area contributed by atoms with Gasteiger partial charge >= 0.3 is 12.2 Å². The molecule has 296 valence electrons. The molecular weight excluding hydrogens is 702 g/mol. The second kappa shape index (κ2) is 18.3. The van der Waals surface area contributed by atoms with Crippen molar-refractivity contribution in [1.29, 1.82) is 0 Å². The number of imidazole rings is 1. The number of hydrogen-bond donors (Lipinski definition) is 3. The van der Waals surface area contributed by atoms with Gasteiger partial charge in [0.1, 0.15) is 17.9 Å². The first-order valence-corrected chi connectivity index (χ1v) is 19.1. The van der Waals surface area contributed by atoms with Crippen LogP contribution in [-0.2, 0) is 19.1 Å². The number of methoxy groups -OCH3 is 2. The number of likely N-dealkylation sites (tertiary alicyclic amines) is 2. The van der Waals surface area contributed by atoms with Crippen LogP contribution in [0.5, 0.6) is 0 Å². The maximum absolute atomic E-state index is 13.7. The number of carbonyl (C=O) groups is 5. The summed E-state index contributed by atoms with van der Waals surface area (Å²) >= 11 is 0. The van der Waals surface area contributed by atoms with Crippen molar-refractivity contribution in [2.24, 2.45) is 11.8 Å². The molecule has 3 heterocycles. The molecule has 0 bridgehead atoms. The lowest BCUT2D eigenvalue weighted by molar-refractivity contribution is -0.139. The maximum Gasteiger partial charge on any atom is 0.409 e. The number of benzene rings is 2. The van der Waals surface area contributed by atoms with Crippen molar-refractivity contribution in [2.45, 2.75) is 84.0 Å². The van der Waals surface area contributed by atoms with Gasteiger partial charge in [-0.25, -0.2) is 14.6 Å². The second-order valence-electron chi connectivity index (χ2n) is 15.0. The van der Waals surface area contributed by atoms with Gasteiger partial charge in [0, 0.05) is 38.3 Å². The van der Waals surface area contributed by atoms with Crippen LogP contribution < -0.4 is 10.6 Å². The Morgan fingerprint density at radius 3 is 2.07 bits per heavy atom. The molecule has 0 saturated carbocycles. The first-order valence-electron chi connectivity index (χ1n) is 19.1. The van der Waals surface area contributed by atoms with Crippen molar-refractivity contribution < 1.29 is 33.4 Å². The zero-order valence-corrected chi connectivity index (χ0v) is 33.0. The molecule has 2 saturated heterocycles. The molecule has 14 nitrogen and oxygen atoms in total. The van der Waals surface area contributed by atoms with Crippen LogP contribution >= 0.6 is 0 Å². The number of H-pyrrole nitrogens is 1. The Labute approximate surface area is 323 Å². The van der Waals surface area contributed by atoms with Gasteiger partial charge in [0.15, 0.2) is 0 Å². The summed E-state index contributed by atoms with van der Waals surface area (Å²) in [4.78, 5) is 77.7. The number of nitrogens with zero attached hydrogens (tertiary/aromatic N) is 4. The number of ether oxygens (including phenoxy) is 2. The fourth-order valence-corrected chi connectivity index (χ4v) is 7.64. The Morgan fingerprint density at radius 1 is 0.818 bits per heavy atom. The van der Waals surface area contributed by atoms with E-state index >= 15 is 0 Å². The van der Waals surface area contributed by atoms with Crippen LogP contribution in [0.1, 0.15) is 82.0 Å². The van der Waals surface area contributed by atoms with Crippen molar-refractivity contribution >= 4 is 29.9 Å². The van der Waals surface area contributed by atoms with Gasteiger partial charge in [-0.1, -0.05) is 64.1 Å². The summed E-state index contributed by atoms with van der Waals surface area (Å²) in [5.74, 6) is -0.0325. The van der Waals surface area contributed by atoms with Gasteiger partial charge in [0.05, 0.1) is 32.2 Å². The van der Waals surface area contributed by atoms with Crippen LogP contribution in [0, 0.1) is 11.8 Å². The van der Waals surface area contributed by atoms with E-state index in [9.17, 15) is 24.0 Å². The molecule has 55 heavy (non-hydrogen) atoms. The molecule has 3 aromatic rings. The Balaban J connectivity index is 1.20. The zero-order valence-electron chi connectivity index (χ0n) is 33.0. The Kier molecular flexibility index (Phi) is 13.6. The van der Waals surface area contributed by atoms with Crippen LogP contribution in [0.15, 0.2) is 54.7 Å². The van der Waals surface area contributed by atoms with Gasteiger partial charge in [-0.3, -0.25) is 19.3 Å². The number of alkyl carbamates (subject to hydrolysis) is 1. The molecular formula is C41H55N7O7. The van der Waals surface area contributed by atoms with Crippen molar-refractivity contribution in [3.8, 4) is 22.4 Å². The normalized spacial score (nSPS) is 18.1. The van der Waals surface area contributed by atoms with Crippen LogP contribution in [0.2, 0.25) is 0 Å². The van der Waals surface area contributed by atoms with E-state index < -0.39 is 24.3 Å². The molecule has 0 unspecified atom stereocenters. The average molecular weight is 758 g/mol. The highest BCUT2D eigenvalue weighted by atomic mass is 16.5. The zero-order chi connectivity index (χ0) is 39.8. The molecule has 0 radical (unpaired) electrons. The molecule has 2 fully saturated rings. The molecule has 0 aliphatic carbocycles. The predicted octanol–water partition coefficient (Wildman–Crippen LogP) is 5.62. The highest BCUT2D eigenvalue weighted by Crippen LogP contribution is 2.34. The third-order valence-electron chi connectivity index (χ3n) is 10.7. The van der Waals surface area contributed by atoms with Gasteiger partial charge in [-0.15, -0.1) is 0 Å². The van der Waals surface area contributed by atoms with Crippen molar-refractivity contribution in [3.05, 3.63) is 66.1 Å². The third kappa shape index (κ3) is 9.46. The average Bonchev–Trinajstić information content (AvgIpc) is 3.89. The molecule has 2 aliphatic rings. The Bertz CT molecular complexity index is 1810. The summed E-state index contributed by atoms with van der Waals surface area (Å²) in [6.07, 6.45) is 4.77. The lowest BCUT2D eigenvalue weighted by atomic mass is 9.97. The van der Waals surface area contributed by atoms with Gasteiger partial charge in [0.2, 0.25) is 11.8 Å². The number of nitrogens with one attached hydrogen (secondary N) is 3. The molecule has 2 aromatic carbocycles. The van der Waals surface area contributed by atoms with Crippen LogP contribution in [0.4, 0.5) is 9.59 Å². The number of likely N-dealkylation sites (N-methyl/N-ethyl adjacent to an activating group) is 1. The summed E-state index contributed by atoms with van der Waals surface area (Å²) in [5.41, 5.74) is 4.22. The van der Waals surface area contributed by atoms with E-state index in [2.05, 4.69) is 20.6 Å². The monoisotopic (exact) mass is 757 g/mol. The number of carbonyl (C=O) groups excluding carboxylic acids is 5. The molecule has 5 amide bonds. The summed E-state index contributed by atoms with van der Waals surface area (Å²) in [5, 5.41) is 5.68. The van der Waals surface area contributed by atoms with Gasteiger partial charge in [0.25, 0.3) is 5.91 Å². The molecule has 2 aliphatic heterocycles. The first kappa shape index (κ1) is 40.8. The van der Waals surface area contributed by atoms with E-state index in [4.69, 9.17) is 9.47 Å². The van der Waals surface area contributed by atoms with Crippen molar-refractivity contribution in [2.75, 3.05) is 40.9 Å². The standard InChI is InChI=1S/C41H55N7O7/c1-25(2)34(45-40(52)54-6)38(50)47-21-9-8-11-31(47)23-43-37(49)30-19-15-28(16-20-30)27-13-17-29(18-14-27)32-24-42-36(44-32)33-12-10-22-48(33)39(51)35(26(3)4)46(5)41(53)55-7/h13-20,24-26,31,33-35H,8-12,21-23H2,1-7H3,(H,42,44)(H,43,49)(H,45,52)/t31-,33-,34-,35-/m0/s1. The van der Waals surface area contributed by atoms with E-state index in [-0.39, 0.29) is 41.6 Å². The number of rotatable bonds is 12. The lowest BCUT2D eigenvalue weighted by Crippen LogP contribution is -2.57. The van der Waals surface area contributed by atoms with Crippen LogP contribution in [0.3, 0.4) is 0 Å². The van der Waals surface area contributed by atoms with Crippen LogP contribution in [0.25, 0.3) is 22.4 Å².